The van der Waals surface area contributed by atoms with Crippen LogP contribution >= 0.6 is 11.3 Å². The number of thiophene rings is 1. The second kappa shape index (κ2) is 5.96. The van der Waals surface area contributed by atoms with Crippen molar-refractivity contribution in [2.45, 2.75) is 18.4 Å². The number of aromatic carboxylic acids is 1. The zero-order valence-electron chi connectivity index (χ0n) is 12.4. The lowest BCUT2D eigenvalue weighted by Crippen LogP contribution is -2.30. The Balaban J connectivity index is 1.68. The third-order valence-corrected chi connectivity index (χ3v) is 4.57. The molecule has 0 saturated carbocycles. The van der Waals surface area contributed by atoms with Gasteiger partial charge in [-0.05, 0) is 29.1 Å². The number of carbonyl (C=O) groups excluding carboxylic acids is 1. The normalized spacial score (nSPS) is 15.0. The van der Waals surface area contributed by atoms with Crippen molar-refractivity contribution in [2.75, 3.05) is 0 Å². The molecule has 0 bridgehead atoms. The van der Waals surface area contributed by atoms with Crippen molar-refractivity contribution in [1.82, 2.24) is 5.32 Å². The van der Waals surface area contributed by atoms with Crippen LogP contribution < -0.4 is 5.32 Å². The molecule has 1 aliphatic rings. The highest BCUT2D eigenvalue weighted by Crippen LogP contribution is 2.52. The van der Waals surface area contributed by atoms with E-state index in [0.29, 0.717) is 5.56 Å². The first-order valence-electron chi connectivity index (χ1n) is 6.94. The molecule has 0 aliphatic carbocycles. The highest BCUT2D eigenvalue weighted by Gasteiger charge is 2.65. The van der Waals surface area contributed by atoms with E-state index in [9.17, 15) is 22.8 Å². The highest BCUT2D eigenvalue weighted by atomic mass is 32.1. The SMILES string of the molecule is O=C(NCc1ccsc1C(=O)O)c1ccc(C2(C(F)(F)F)N=N2)cc1. The van der Waals surface area contributed by atoms with E-state index >= 15 is 0 Å². The summed E-state index contributed by atoms with van der Waals surface area (Å²) in [6.07, 6.45) is -4.62. The van der Waals surface area contributed by atoms with Crippen molar-refractivity contribution in [2.24, 2.45) is 10.2 Å². The molecule has 10 heteroatoms. The van der Waals surface area contributed by atoms with Gasteiger partial charge in [0.15, 0.2) is 0 Å². The van der Waals surface area contributed by atoms with Crippen LogP contribution in [0.2, 0.25) is 0 Å². The van der Waals surface area contributed by atoms with E-state index in [1.807, 2.05) is 0 Å². The minimum absolute atomic E-state index is 0.00285. The zero-order chi connectivity index (χ0) is 18.2. The molecular formula is C15H10F3N3O3S. The van der Waals surface area contributed by atoms with Crippen LogP contribution in [0.4, 0.5) is 13.2 Å². The molecule has 25 heavy (non-hydrogen) atoms. The van der Waals surface area contributed by atoms with Gasteiger partial charge in [-0.3, -0.25) is 4.79 Å². The maximum Gasteiger partial charge on any atom is 0.442 e. The molecule has 130 valence electrons. The Labute approximate surface area is 143 Å². The van der Waals surface area contributed by atoms with Crippen molar-refractivity contribution in [3.8, 4) is 0 Å². The molecule has 0 spiro atoms. The molecular weight excluding hydrogens is 359 g/mol. The molecule has 1 aromatic carbocycles. The molecule has 2 heterocycles. The van der Waals surface area contributed by atoms with Gasteiger partial charge >= 0.3 is 17.8 Å². The van der Waals surface area contributed by atoms with Gasteiger partial charge in [-0.2, -0.15) is 13.2 Å². The van der Waals surface area contributed by atoms with Crippen LogP contribution in [0.1, 0.15) is 31.2 Å². The highest BCUT2D eigenvalue weighted by molar-refractivity contribution is 7.12. The lowest BCUT2D eigenvalue weighted by Gasteiger charge is -2.15. The van der Waals surface area contributed by atoms with Crippen molar-refractivity contribution < 1.29 is 27.9 Å². The molecule has 6 nitrogen and oxygen atoms in total. The van der Waals surface area contributed by atoms with Gasteiger partial charge in [0, 0.05) is 17.7 Å². The van der Waals surface area contributed by atoms with Gasteiger partial charge in [0.25, 0.3) is 5.91 Å². The molecule has 0 radical (unpaired) electrons. The van der Waals surface area contributed by atoms with Gasteiger partial charge in [0.2, 0.25) is 0 Å². The van der Waals surface area contributed by atoms with E-state index < -0.39 is 23.7 Å². The number of carbonyl (C=O) groups is 2. The Kier molecular flexibility index (Phi) is 4.07. The first kappa shape index (κ1) is 17.1. The van der Waals surface area contributed by atoms with Crippen LogP contribution in [0.3, 0.4) is 0 Å². The van der Waals surface area contributed by atoms with Crippen molar-refractivity contribution in [1.29, 1.82) is 0 Å². The first-order valence-corrected chi connectivity index (χ1v) is 7.82. The average molecular weight is 369 g/mol. The summed E-state index contributed by atoms with van der Waals surface area (Å²) in [4.78, 5) is 23.2. The number of nitrogens with zero attached hydrogens (tertiary/aromatic N) is 2. The largest absolute Gasteiger partial charge is 0.477 e. The minimum atomic E-state index is -4.62. The molecule has 0 saturated heterocycles. The quantitative estimate of drug-likeness (QED) is 0.844. The summed E-state index contributed by atoms with van der Waals surface area (Å²) in [7, 11) is 0. The van der Waals surface area contributed by atoms with E-state index in [4.69, 9.17) is 5.11 Å². The van der Waals surface area contributed by atoms with Crippen LogP contribution in [0.25, 0.3) is 0 Å². The number of carboxylic acid groups (broad SMARTS) is 1. The number of benzene rings is 1. The van der Waals surface area contributed by atoms with Crippen molar-refractivity contribution in [3.05, 3.63) is 57.3 Å². The Morgan fingerprint density at radius 3 is 2.32 bits per heavy atom. The summed E-state index contributed by atoms with van der Waals surface area (Å²) in [5.41, 5.74) is -2.08. The maximum absolute atomic E-state index is 12.9. The Bertz CT molecular complexity index is 853. The first-order chi connectivity index (χ1) is 11.7. The smallest absolute Gasteiger partial charge is 0.442 e. The third-order valence-electron chi connectivity index (χ3n) is 3.63. The fraction of sp³-hybridized carbons (Fsp3) is 0.200. The van der Waals surface area contributed by atoms with E-state index in [2.05, 4.69) is 15.5 Å². The predicted octanol–water partition coefficient (Wildman–Crippen LogP) is 3.56. The predicted molar refractivity (Wildman–Crippen MR) is 81.5 cm³/mol. The van der Waals surface area contributed by atoms with E-state index in [1.54, 1.807) is 11.4 Å². The molecule has 0 fully saturated rings. The molecule has 3 rings (SSSR count). The van der Waals surface area contributed by atoms with Gasteiger partial charge in [-0.25, -0.2) is 4.79 Å². The van der Waals surface area contributed by atoms with Gasteiger partial charge in [0.05, 0.1) is 0 Å². The number of carboxylic acids is 1. The molecule has 1 aliphatic heterocycles. The molecule has 2 aromatic rings. The van der Waals surface area contributed by atoms with Gasteiger partial charge in [0.1, 0.15) is 4.88 Å². The summed E-state index contributed by atoms with van der Waals surface area (Å²) in [6, 6.07) is 6.37. The Morgan fingerprint density at radius 2 is 1.80 bits per heavy atom. The molecule has 1 aromatic heterocycles. The lowest BCUT2D eigenvalue weighted by molar-refractivity contribution is -0.166. The monoisotopic (exact) mass is 369 g/mol. The number of hydrogen-bond donors (Lipinski definition) is 2. The van der Waals surface area contributed by atoms with Crippen LogP contribution in [-0.4, -0.2) is 23.2 Å². The second-order valence-corrected chi connectivity index (χ2v) is 6.13. The number of alkyl halides is 3. The number of amides is 1. The summed E-state index contributed by atoms with van der Waals surface area (Å²) < 4.78 is 38.7. The van der Waals surface area contributed by atoms with E-state index in [-0.39, 0.29) is 22.5 Å². The number of halogens is 3. The summed E-state index contributed by atoms with van der Waals surface area (Å²) in [6.45, 7) is 0.00285. The van der Waals surface area contributed by atoms with E-state index in [1.165, 1.54) is 12.1 Å². The second-order valence-electron chi connectivity index (χ2n) is 5.21. The molecule has 0 unspecified atom stereocenters. The summed E-state index contributed by atoms with van der Waals surface area (Å²) in [5, 5.41) is 19.3. The summed E-state index contributed by atoms with van der Waals surface area (Å²) >= 11 is 1.04. The van der Waals surface area contributed by atoms with Crippen molar-refractivity contribution in [3.63, 3.8) is 0 Å². The standard InChI is InChI=1S/C15H10F3N3O3S/c16-15(17,18)14(20-21-14)10-3-1-8(2-4-10)12(22)19-7-9-5-6-25-11(9)13(23)24/h1-6H,7H2,(H,19,22)(H,23,24). The van der Waals surface area contributed by atoms with Crippen molar-refractivity contribution >= 4 is 23.2 Å². The Morgan fingerprint density at radius 1 is 1.16 bits per heavy atom. The Hall–Kier alpha value is -2.75. The molecule has 0 atom stereocenters. The number of rotatable bonds is 5. The topological polar surface area (TPSA) is 91.1 Å². The van der Waals surface area contributed by atoms with Crippen LogP contribution in [-0.2, 0) is 12.2 Å². The van der Waals surface area contributed by atoms with Crippen LogP contribution in [0.5, 0.6) is 0 Å². The average Bonchev–Trinajstić information content (AvgIpc) is 3.25. The van der Waals surface area contributed by atoms with Crippen LogP contribution in [0, 0.1) is 0 Å². The fourth-order valence-electron chi connectivity index (χ4n) is 2.24. The minimum Gasteiger partial charge on any atom is -0.477 e. The fourth-order valence-corrected chi connectivity index (χ4v) is 3.00. The third kappa shape index (κ3) is 3.12. The number of nitrogens with one attached hydrogen (secondary N) is 1. The zero-order valence-corrected chi connectivity index (χ0v) is 13.2. The van der Waals surface area contributed by atoms with Gasteiger partial charge in [-0.1, -0.05) is 12.1 Å². The molecule has 1 amide bonds. The summed E-state index contributed by atoms with van der Waals surface area (Å²) in [5.74, 6) is -1.61. The van der Waals surface area contributed by atoms with E-state index in [0.717, 1.165) is 23.5 Å². The lowest BCUT2D eigenvalue weighted by atomic mass is 10.0. The van der Waals surface area contributed by atoms with Gasteiger partial charge in [-0.15, -0.1) is 21.6 Å². The van der Waals surface area contributed by atoms with Crippen LogP contribution in [0.15, 0.2) is 45.9 Å². The molecule has 2 N–H and O–H groups in total. The number of hydrogen-bond acceptors (Lipinski definition) is 5. The van der Waals surface area contributed by atoms with Gasteiger partial charge < -0.3 is 10.4 Å². The maximum atomic E-state index is 12.9.